The van der Waals surface area contributed by atoms with E-state index in [0.717, 1.165) is 16.9 Å². The lowest BCUT2D eigenvalue weighted by Gasteiger charge is -2.20. The first-order valence-corrected chi connectivity index (χ1v) is 9.51. The van der Waals surface area contributed by atoms with Crippen LogP contribution in [0.25, 0.3) is 0 Å². The Morgan fingerprint density at radius 1 is 1.15 bits per heavy atom. The van der Waals surface area contributed by atoms with Crippen LogP contribution >= 0.6 is 11.6 Å². The zero-order valence-electron chi connectivity index (χ0n) is 16.2. The molecule has 1 fully saturated rings. The summed E-state index contributed by atoms with van der Waals surface area (Å²) >= 11 is 6.08. The van der Waals surface area contributed by atoms with Crippen LogP contribution in [0.15, 0.2) is 42.5 Å². The second kappa shape index (κ2) is 7.35. The topological polar surface area (TPSA) is 49.4 Å². The van der Waals surface area contributed by atoms with Crippen LogP contribution in [0.1, 0.15) is 38.3 Å². The van der Waals surface area contributed by atoms with E-state index in [2.05, 4.69) is 26.1 Å². The molecule has 0 bridgehead atoms. The van der Waals surface area contributed by atoms with Crippen LogP contribution in [0.2, 0.25) is 5.02 Å². The minimum atomic E-state index is -0.377. The number of aryl methyl sites for hydroxylation is 1. The lowest BCUT2D eigenvalue weighted by atomic mass is 9.87. The highest BCUT2D eigenvalue weighted by molar-refractivity contribution is 6.31. The van der Waals surface area contributed by atoms with E-state index < -0.39 is 0 Å². The number of carbonyl (C=O) groups excluding carboxylic acids is 2. The van der Waals surface area contributed by atoms with E-state index in [1.807, 2.05) is 37.3 Å². The molecule has 0 radical (unpaired) electrons. The van der Waals surface area contributed by atoms with Gasteiger partial charge in [0.05, 0.1) is 5.92 Å². The van der Waals surface area contributed by atoms with Crippen LogP contribution in [0, 0.1) is 12.8 Å². The molecule has 1 aliphatic heterocycles. The van der Waals surface area contributed by atoms with E-state index in [4.69, 9.17) is 11.6 Å². The minimum Gasteiger partial charge on any atom is -0.326 e. The van der Waals surface area contributed by atoms with Crippen LogP contribution in [-0.2, 0) is 15.0 Å². The van der Waals surface area contributed by atoms with Crippen molar-refractivity contribution in [3.05, 3.63) is 58.6 Å². The molecule has 2 aromatic carbocycles. The van der Waals surface area contributed by atoms with Crippen molar-refractivity contribution in [3.8, 4) is 0 Å². The maximum atomic E-state index is 12.7. The zero-order chi connectivity index (χ0) is 19.8. The summed E-state index contributed by atoms with van der Waals surface area (Å²) in [6, 6.07) is 13.3. The Balaban J connectivity index is 1.70. The van der Waals surface area contributed by atoms with Crippen molar-refractivity contribution in [1.29, 1.82) is 0 Å². The summed E-state index contributed by atoms with van der Waals surface area (Å²) in [6.45, 7) is 8.75. The third kappa shape index (κ3) is 4.33. The number of nitrogens with one attached hydrogen (secondary N) is 1. The number of amides is 2. The average Bonchev–Trinajstić information content (AvgIpc) is 2.98. The van der Waals surface area contributed by atoms with Gasteiger partial charge in [0, 0.05) is 29.4 Å². The minimum absolute atomic E-state index is 0.0522. The fourth-order valence-corrected chi connectivity index (χ4v) is 3.45. The SMILES string of the molecule is Cc1ccc(Cl)cc1N1CC(C(=O)Nc2ccc(C(C)(C)C)cc2)CC1=O. The molecule has 0 aromatic heterocycles. The van der Waals surface area contributed by atoms with Gasteiger partial charge in [-0.05, 0) is 47.7 Å². The molecule has 0 aliphatic carbocycles. The molecule has 1 unspecified atom stereocenters. The van der Waals surface area contributed by atoms with Gasteiger partial charge in [0.2, 0.25) is 11.8 Å². The number of halogens is 1. The van der Waals surface area contributed by atoms with Gasteiger partial charge in [-0.3, -0.25) is 9.59 Å². The second-order valence-electron chi connectivity index (χ2n) is 8.15. The molecule has 0 spiro atoms. The summed E-state index contributed by atoms with van der Waals surface area (Å²) in [4.78, 5) is 26.8. The summed E-state index contributed by atoms with van der Waals surface area (Å²) in [5.41, 5.74) is 3.76. The molecule has 2 aromatic rings. The van der Waals surface area contributed by atoms with Crippen LogP contribution < -0.4 is 10.2 Å². The molecule has 27 heavy (non-hydrogen) atoms. The molecule has 1 N–H and O–H groups in total. The Labute approximate surface area is 165 Å². The number of rotatable bonds is 3. The summed E-state index contributed by atoms with van der Waals surface area (Å²) in [5, 5.41) is 3.52. The van der Waals surface area contributed by atoms with Crippen LogP contribution in [0.5, 0.6) is 0 Å². The molecule has 5 heteroatoms. The maximum absolute atomic E-state index is 12.7. The highest BCUT2D eigenvalue weighted by atomic mass is 35.5. The van der Waals surface area contributed by atoms with Crippen molar-refractivity contribution in [1.82, 2.24) is 0 Å². The average molecular weight is 385 g/mol. The molecular formula is C22H25ClN2O2. The largest absolute Gasteiger partial charge is 0.326 e. The molecule has 4 nitrogen and oxygen atoms in total. The van der Waals surface area contributed by atoms with Crippen molar-refractivity contribution in [2.45, 2.75) is 39.5 Å². The maximum Gasteiger partial charge on any atom is 0.229 e. The molecular weight excluding hydrogens is 360 g/mol. The molecule has 1 aliphatic rings. The molecule has 2 amide bonds. The van der Waals surface area contributed by atoms with Crippen LogP contribution in [-0.4, -0.2) is 18.4 Å². The summed E-state index contributed by atoms with van der Waals surface area (Å²) < 4.78 is 0. The summed E-state index contributed by atoms with van der Waals surface area (Å²) in [5.74, 6) is -0.559. The van der Waals surface area contributed by atoms with Crippen LogP contribution in [0.4, 0.5) is 11.4 Å². The van der Waals surface area contributed by atoms with E-state index in [0.29, 0.717) is 11.6 Å². The molecule has 1 saturated heterocycles. The molecule has 1 atom stereocenters. The van der Waals surface area contributed by atoms with Gasteiger partial charge >= 0.3 is 0 Å². The van der Waals surface area contributed by atoms with Crippen molar-refractivity contribution in [2.24, 2.45) is 5.92 Å². The Morgan fingerprint density at radius 3 is 2.44 bits per heavy atom. The Bertz CT molecular complexity index is 869. The third-order valence-corrected chi connectivity index (χ3v) is 5.21. The van der Waals surface area contributed by atoms with Gasteiger partial charge in [-0.1, -0.05) is 50.6 Å². The molecule has 142 valence electrons. The summed E-state index contributed by atoms with van der Waals surface area (Å²) in [7, 11) is 0. The van der Waals surface area contributed by atoms with Gasteiger partial charge in [-0.15, -0.1) is 0 Å². The molecule has 3 rings (SSSR count). The van der Waals surface area contributed by atoms with E-state index in [-0.39, 0.29) is 29.6 Å². The first-order chi connectivity index (χ1) is 12.6. The smallest absolute Gasteiger partial charge is 0.229 e. The Kier molecular flexibility index (Phi) is 5.29. The van der Waals surface area contributed by atoms with Crippen molar-refractivity contribution in [2.75, 3.05) is 16.8 Å². The van der Waals surface area contributed by atoms with Gasteiger partial charge in [0.1, 0.15) is 0 Å². The first kappa shape index (κ1) is 19.4. The van der Waals surface area contributed by atoms with Crippen molar-refractivity contribution in [3.63, 3.8) is 0 Å². The highest BCUT2D eigenvalue weighted by Gasteiger charge is 2.35. The first-order valence-electron chi connectivity index (χ1n) is 9.13. The number of hydrogen-bond donors (Lipinski definition) is 1. The monoisotopic (exact) mass is 384 g/mol. The normalized spacial score (nSPS) is 17.3. The lowest BCUT2D eigenvalue weighted by Crippen LogP contribution is -2.28. The third-order valence-electron chi connectivity index (χ3n) is 4.98. The van der Waals surface area contributed by atoms with Gasteiger partial charge in [0.25, 0.3) is 0 Å². The lowest BCUT2D eigenvalue weighted by molar-refractivity contribution is -0.122. The predicted molar refractivity (Wildman–Crippen MR) is 110 cm³/mol. The van der Waals surface area contributed by atoms with E-state index >= 15 is 0 Å². The van der Waals surface area contributed by atoms with Gasteiger partial charge in [-0.2, -0.15) is 0 Å². The van der Waals surface area contributed by atoms with E-state index in [9.17, 15) is 9.59 Å². The number of carbonyl (C=O) groups is 2. The van der Waals surface area contributed by atoms with Crippen molar-refractivity contribution < 1.29 is 9.59 Å². The molecule has 1 heterocycles. The highest BCUT2D eigenvalue weighted by Crippen LogP contribution is 2.31. The second-order valence-corrected chi connectivity index (χ2v) is 8.59. The van der Waals surface area contributed by atoms with E-state index in [1.165, 1.54) is 5.56 Å². The Morgan fingerprint density at radius 2 is 1.81 bits per heavy atom. The van der Waals surface area contributed by atoms with E-state index in [1.54, 1.807) is 17.0 Å². The predicted octanol–water partition coefficient (Wildman–Crippen LogP) is 4.94. The number of nitrogens with zero attached hydrogens (tertiary/aromatic N) is 1. The Hall–Kier alpha value is -2.33. The zero-order valence-corrected chi connectivity index (χ0v) is 16.9. The van der Waals surface area contributed by atoms with Crippen LogP contribution in [0.3, 0.4) is 0 Å². The van der Waals surface area contributed by atoms with Gasteiger partial charge in [-0.25, -0.2) is 0 Å². The van der Waals surface area contributed by atoms with Gasteiger partial charge in [0.15, 0.2) is 0 Å². The number of benzene rings is 2. The number of hydrogen-bond acceptors (Lipinski definition) is 2. The quantitative estimate of drug-likeness (QED) is 0.814. The fraction of sp³-hybridized carbons (Fsp3) is 0.364. The number of anilines is 2. The standard InChI is InChI=1S/C22H25ClN2O2/c1-14-5-8-17(23)12-19(14)25-13-15(11-20(25)26)21(27)24-18-9-6-16(7-10-18)22(2,3)4/h5-10,12,15H,11,13H2,1-4H3,(H,24,27). The molecule has 0 saturated carbocycles. The fourth-order valence-electron chi connectivity index (χ4n) is 3.29. The van der Waals surface area contributed by atoms with Crippen molar-refractivity contribution >= 4 is 34.8 Å². The summed E-state index contributed by atoms with van der Waals surface area (Å²) in [6.07, 6.45) is 0.206. The van der Waals surface area contributed by atoms with Gasteiger partial charge < -0.3 is 10.2 Å².